The van der Waals surface area contributed by atoms with Gasteiger partial charge in [0.1, 0.15) is 11.7 Å². The summed E-state index contributed by atoms with van der Waals surface area (Å²) in [7, 11) is 1.74. The predicted molar refractivity (Wildman–Crippen MR) is 119 cm³/mol. The molecule has 1 N–H and O–H groups in total. The number of aliphatic hydroxyl groups is 1. The maximum atomic E-state index is 13.1. The van der Waals surface area contributed by atoms with E-state index in [1.54, 1.807) is 48.4 Å². The number of pyridine rings is 2. The zero-order chi connectivity index (χ0) is 22.5. The molecule has 0 fully saturated rings. The van der Waals surface area contributed by atoms with E-state index in [0.717, 1.165) is 5.56 Å². The molecule has 31 heavy (non-hydrogen) atoms. The maximum absolute atomic E-state index is 13.1. The Morgan fingerprint density at radius 1 is 1.42 bits per heavy atom. The van der Waals surface area contributed by atoms with Crippen LogP contribution in [0.4, 0.5) is 0 Å². The van der Waals surface area contributed by atoms with Crippen molar-refractivity contribution in [3.05, 3.63) is 52.4 Å². The SMILES string of the molecule is C[C@@H]1CN([C@H](C)CO)C(=O)c2cc(Br)cnc2O[C@H]1CN(C)C(=O)Cc1ccncc1. The third-order valence-corrected chi connectivity index (χ3v) is 5.91. The van der Waals surface area contributed by atoms with Crippen molar-refractivity contribution >= 4 is 27.7 Å². The summed E-state index contributed by atoms with van der Waals surface area (Å²) < 4.78 is 6.82. The molecule has 0 aromatic carbocycles. The Balaban J connectivity index is 1.83. The van der Waals surface area contributed by atoms with Crippen LogP contribution in [0.3, 0.4) is 0 Å². The van der Waals surface area contributed by atoms with Crippen LogP contribution in [0.5, 0.6) is 5.88 Å². The fourth-order valence-corrected chi connectivity index (χ4v) is 3.81. The summed E-state index contributed by atoms with van der Waals surface area (Å²) in [4.78, 5) is 37.4. The highest BCUT2D eigenvalue weighted by atomic mass is 79.9. The van der Waals surface area contributed by atoms with Crippen LogP contribution in [0.25, 0.3) is 0 Å². The summed E-state index contributed by atoms with van der Waals surface area (Å²) in [5.74, 6) is -0.134. The largest absolute Gasteiger partial charge is 0.472 e. The summed E-state index contributed by atoms with van der Waals surface area (Å²) in [6, 6.07) is 4.95. The summed E-state index contributed by atoms with van der Waals surface area (Å²) in [6.45, 7) is 4.37. The van der Waals surface area contributed by atoms with E-state index in [0.29, 0.717) is 23.1 Å². The first-order valence-corrected chi connectivity index (χ1v) is 11.0. The Bertz CT molecular complexity index is 927. The Kier molecular flexibility index (Phi) is 7.61. The zero-order valence-corrected chi connectivity index (χ0v) is 19.4. The number of aliphatic hydroxyl groups excluding tert-OH is 1. The normalized spacial score (nSPS) is 19.6. The van der Waals surface area contributed by atoms with Crippen LogP contribution in [0.15, 0.2) is 41.3 Å². The highest BCUT2D eigenvalue weighted by Crippen LogP contribution is 2.28. The van der Waals surface area contributed by atoms with Crippen molar-refractivity contribution in [2.75, 3.05) is 26.7 Å². The molecule has 1 aliphatic heterocycles. The van der Waals surface area contributed by atoms with E-state index in [4.69, 9.17) is 4.74 Å². The van der Waals surface area contributed by atoms with Gasteiger partial charge in [-0.2, -0.15) is 0 Å². The second-order valence-electron chi connectivity index (χ2n) is 7.94. The first-order valence-electron chi connectivity index (χ1n) is 10.2. The quantitative estimate of drug-likeness (QED) is 0.666. The van der Waals surface area contributed by atoms with Gasteiger partial charge in [0.05, 0.1) is 25.6 Å². The average Bonchev–Trinajstić information content (AvgIpc) is 2.76. The Morgan fingerprint density at radius 3 is 2.81 bits per heavy atom. The molecule has 9 heteroatoms. The lowest BCUT2D eigenvalue weighted by atomic mass is 10.00. The van der Waals surface area contributed by atoms with Crippen molar-refractivity contribution in [3.63, 3.8) is 0 Å². The van der Waals surface area contributed by atoms with E-state index >= 15 is 0 Å². The van der Waals surface area contributed by atoms with Gasteiger partial charge in [-0.25, -0.2) is 4.98 Å². The van der Waals surface area contributed by atoms with Crippen LogP contribution < -0.4 is 4.74 Å². The van der Waals surface area contributed by atoms with E-state index in [9.17, 15) is 14.7 Å². The highest BCUT2D eigenvalue weighted by Gasteiger charge is 2.34. The highest BCUT2D eigenvalue weighted by molar-refractivity contribution is 9.10. The summed E-state index contributed by atoms with van der Waals surface area (Å²) in [5.41, 5.74) is 1.22. The number of carbonyl (C=O) groups is 2. The van der Waals surface area contributed by atoms with Crippen LogP contribution in [0.1, 0.15) is 29.8 Å². The predicted octanol–water partition coefficient (Wildman–Crippen LogP) is 2.16. The van der Waals surface area contributed by atoms with Gasteiger partial charge in [-0.05, 0) is 46.6 Å². The van der Waals surface area contributed by atoms with Gasteiger partial charge in [-0.1, -0.05) is 6.92 Å². The number of ether oxygens (including phenoxy) is 1. The van der Waals surface area contributed by atoms with E-state index < -0.39 is 0 Å². The molecule has 1 aliphatic rings. The molecule has 2 amide bonds. The van der Waals surface area contributed by atoms with Crippen LogP contribution in [-0.4, -0.2) is 75.6 Å². The number of aromatic nitrogens is 2. The summed E-state index contributed by atoms with van der Waals surface area (Å²) >= 11 is 3.36. The smallest absolute Gasteiger partial charge is 0.259 e. The number of likely N-dealkylation sites (N-methyl/N-ethyl adjacent to an activating group) is 1. The minimum atomic E-state index is -0.375. The lowest BCUT2D eigenvalue weighted by molar-refractivity contribution is -0.130. The molecule has 2 aromatic heterocycles. The average molecular weight is 491 g/mol. The molecule has 2 aromatic rings. The molecule has 0 radical (unpaired) electrons. The molecule has 0 unspecified atom stereocenters. The molecule has 0 saturated heterocycles. The number of halogens is 1. The van der Waals surface area contributed by atoms with Gasteiger partial charge < -0.3 is 19.6 Å². The third kappa shape index (κ3) is 5.59. The third-order valence-electron chi connectivity index (χ3n) is 5.47. The fourth-order valence-electron chi connectivity index (χ4n) is 3.48. The fraction of sp³-hybridized carbons (Fsp3) is 0.455. The maximum Gasteiger partial charge on any atom is 0.259 e. The molecule has 3 atom stereocenters. The second-order valence-corrected chi connectivity index (χ2v) is 8.85. The molecule has 3 rings (SSSR count). The van der Waals surface area contributed by atoms with Crippen molar-refractivity contribution in [2.24, 2.45) is 5.92 Å². The number of nitrogens with zero attached hydrogens (tertiary/aromatic N) is 4. The molecule has 166 valence electrons. The number of carbonyl (C=O) groups excluding carboxylic acids is 2. The summed E-state index contributed by atoms with van der Waals surface area (Å²) in [5, 5.41) is 9.67. The van der Waals surface area contributed by atoms with E-state index in [1.165, 1.54) is 0 Å². The molecule has 0 spiro atoms. The van der Waals surface area contributed by atoms with Gasteiger partial charge in [0, 0.05) is 42.6 Å². The Labute approximate surface area is 190 Å². The molecule has 0 bridgehead atoms. The van der Waals surface area contributed by atoms with Gasteiger partial charge in [0.15, 0.2) is 0 Å². The van der Waals surface area contributed by atoms with Crippen LogP contribution in [-0.2, 0) is 11.2 Å². The first-order chi connectivity index (χ1) is 14.8. The molecular weight excluding hydrogens is 464 g/mol. The van der Waals surface area contributed by atoms with Crippen LogP contribution in [0.2, 0.25) is 0 Å². The topological polar surface area (TPSA) is 95.9 Å². The Morgan fingerprint density at radius 2 is 2.13 bits per heavy atom. The van der Waals surface area contributed by atoms with Crippen molar-refractivity contribution in [1.29, 1.82) is 0 Å². The molecule has 8 nitrogen and oxygen atoms in total. The van der Waals surface area contributed by atoms with E-state index in [-0.39, 0.29) is 48.8 Å². The van der Waals surface area contributed by atoms with E-state index in [2.05, 4.69) is 25.9 Å². The van der Waals surface area contributed by atoms with Crippen LogP contribution >= 0.6 is 15.9 Å². The summed E-state index contributed by atoms with van der Waals surface area (Å²) in [6.07, 6.45) is 4.80. The molecule has 3 heterocycles. The minimum Gasteiger partial charge on any atom is -0.472 e. The number of amides is 2. The monoisotopic (exact) mass is 490 g/mol. The Hall–Kier alpha value is -2.52. The lowest BCUT2D eigenvalue weighted by Crippen LogP contribution is -2.50. The van der Waals surface area contributed by atoms with Gasteiger partial charge >= 0.3 is 0 Å². The first kappa shape index (κ1) is 23.1. The second kappa shape index (κ2) is 10.2. The number of hydrogen-bond acceptors (Lipinski definition) is 6. The van der Waals surface area contributed by atoms with Crippen molar-refractivity contribution < 1.29 is 19.4 Å². The van der Waals surface area contributed by atoms with Gasteiger partial charge in [-0.3, -0.25) is 14.6 Å². The number of hydrogen-bond donors (Lipinski definition) is 1. The standard InChI is InChI=1S/C22H27BrN4O4/c1-14-11-27(15(2)13-28)22(30)18-9-17(23)10-25-21(18)31-19(14)12-26(3)20(29)8-16-4-6-24-7-5-16/h4-7,9-10,14-15,19,28H,8,11-13H2,1-3H3/t14-,15-,19+/m1/s1. The van der Waals surface area contributed by atoms with Crippen molar-refractivity contribution in [1.82, 2.24) is 19.8 Å². The number of rotatable bonds is 6. The number of fused-ring (bicyclic) bond motifs is 1. The van der Waals surface area contributed by atoms with Gasteiger partial charge in [-0.15, -0.1) is 0 Å². The molecule has 0 saturated carbocycles. The zero-order valence-electron chi connectivity index (χ0n) is 17.9. The van der Waals surface area contributed by atoms with Gasteiger partial charge in [0.2, 0.25) is 11.8 Å². The van der Waals surface area contributed by atoms with Crippen molar-refractivity contribution in [3.8, 4) is 5.88 Å². The van der Waals surface area contributed by atoms with Crippen molar-refractivity contribution in [2.45, 2.75) is 32.4 Å². The minimum absolute atomic E-state index is 0.0373. The molecule has 0 aliphatic carbocycles. The lowest BCUT2D eigenvalue weighted by Gasteiger charge is -2.37. The van der Waals surface area contributed by atoms with E-state index in [1.807, 2.05) is 19.1 Å². The molecular formula is C22H27BrN4O4. The van der Waals surface area contributed by atoms with Crippen LogP contribution in [0, 0.1) is 5.92 Å². The van der Waals surface area contributed by atoms with Gasteiger partial charge in [0.25, 0.3) is 5.91 Å².